The number of hydrogen-bond donors (Lipinski definition) is 1. The van der Waals surface area contributed by atoms with Gasteiger partial charge in [0.25, 0.3) is 0 Å². The molecule has 5 heteroatoms. The van der Waals surface area contributed by atoms with Gasteiger partial charge in [-0.3, -0.25) is 0 Å². The van der Waals surface area contributed by atoms with Gasteiger partial charge in [-0.05, 0) is 19.1 Å². The molecule has 0 atom stereocenters. The molecular formula is C14H17FN2O2. The van der Waals surface area contributed by atoms with Gasteiger partial charge < -0.3 is 19.8 Å². The van der Waals surface area contributed by atoms with Gasteiger partial charge in [0.05, 0.1) is 31.3 Å². The van der Waals surface area contributed by atoms with E-state index in [1.54, 1.807) is 12.3 Å². The van der Waals surface area contributed by atoms with Gasteiger partial charge in [0.15, 0.2) is 11.6 Å². The van der Waals surface area contributed by atoms with E-state index >= 15 is 0 Å². The lowest BCUT2D eigenvalue weighted by Gasteiger charge is -2.24. The van der Waals surface area contributed by atoms with E-state index in [2.05, 4.69) is 0 Å². The zero-order valence-electron chi connectivity index (χ0n) is 11.0. The van der Waals surface area contributed by atoms with E-state index in [9.17, 15) is 4.39 Å². The van der Waals surface area contributed by atoms with Crippen LogP contribution < -0.4 is 15.4 Å². The summed E-state index contributed by atoms with van der Waals surface area (Å²) >= 11 is 0. The van der Waals surface area contributed by atoms with Crippen LogP contribution in [0.2, 0.25) is 0 Å². The normalized spacial score (nSPS) is 10.5. The van der Waals surface area contributed by atoms with Crippen molar-refractivity contribution < 1.29 is 13.5 Å². The Hall–Kier alpha value is -2.17. The summed E-state index contributed by atoms with van der Waals surface area (Å²) in [6, 6.07) is 6.60. The molecule has 0 aliphatic rings. The van der Waals surface area contributed by atoms with Crippen molar-refractivity contribution in [2.45, 2.75) is 13.5 Å². The highest BCUT2D eigenvalue weighted by Crippen LogP contribution is 2.31. The minimum atomic E-state index is -0.460. The first kappa shape index (κ1) is 13.3. The number of rotatable bonds is 5. The first-order valence-corrected chi connectivity index (χ1v) is 6.06. The van der Waals surface area contributed by atoms with Crippen molar-refractivity contribution in [2.75, 3.05) is 24.3 Å². The SMILES string of the molecule is CCN(Cc1ccco1)c1cc(OC)c(F)cc1N. The standard InChI is InChI=1S/C14H17FN2O2/c1-3-17(9-10-5-4-6-19-10)13-8-14(18-2)11(15)7-12(13)16/h4-8H,3,9,16H2,1-2H3. The molecular weight excluding hydrogens is 247 g/mol. The third kappa shape index (κ3) is 2.81. The van der Waals surface area contributed by atoms with Crippen molar-refractivity contribution in [1.82, 2.24) is 0 Å². The first-order chi connectivity index (χ1) is 9.15. The highest BCUT2D eigenvalue weighted by atomic mass is 19.1. The van der Waals surface area contributed by atoms with Crippen molar-refractivity contribution in [3.63, 3.8) is 0 Å². The van der Waals surface area contributed by atoms with Crippen LogP contribution in [0, 0.1) is 5.82 Å². The molecule has 0 unspecified atom stereocenters. The summed E-state index contributed by atoms with van der Waals surface area (Å²) in [5.74, 6) is 0.546. The molecule has 19 heavy (non-hydrogen) atoms. The van der Waals surface area contributed by atoms with Gasteiger partial charge in [0, 0.05) is 18.7 Å². The number of benzene rings is 1. The summed E-state index contributed by atoms with van der Waals surface area (Å²) < 4.78 is 23.8. The van der Waals surface area contributed by atoms with E-state index in [4.69, 9.17) is 14.9 Å². The van der Waals surface area contributed by atoms with E-state index in [1.165, 1.54) is 13.2 Å². The van der Waals surface area contributed by atoms with E-state index in [0.29, 0.717) is 12.2 Å². The van der Waals surface area contributed by atoms with E-state index in [1.807, 2.05) is 24.0 Å². The Morgan fingerprint density at radius 1 is 1.42 bits per heavy atom. The molecule has 1 aromatic heterocycles. The van der Waals surface area contributed by atoms with Crippen LogP contribution in [0.3, 0.4) is 0 Å². The van der Waals surface area contributed by atoms with Crippen LogP contribution in [0.15, 0.2) is 34.9 Å². The fraction of sp³-hybridized carbons (Fsp3) is 0.286. The molecule has 0 radical (unpaired) electrons. The molecule has 1 aromatic carbocycles. The van der Waals surface area contributed by atoms with Crippen LogP contribution in [-0.4, -0.2) is 13.7 Å². The Kier molecular flexibility index (Phi) is 3.94. The summed E-state index contributed by atoms with van der Waals surface area (Å²) in [4.78, 5) is 2.00. The zero-order chi connectivity index (χ0) is 13.8. The second-order valence-electron chi connectivity index (χ2n) is 4.14. The molecule has 2 N–H and O–H groups in total. The van der Waals surface area contributed by atoms with Crippen molar-refractivity contribution >= 4 is 11.4 Å². The maximum Gasteiger partial charge on any atom is 0.167 e. The molecule has 4 nitrogen and oxygen atoms in total. The van der Waals surface area contributed by atoms with Crippen LogP contribution in [-0.2, 0) is 6.54 Å². The molecule has 0 aliphatic carbocycles. The molecule has 0 bridgehead atoms. The minimum absolute atomic E-state index is 0.182. The number of halogens is 1. The van der Waals surface area contributed by atoms with Gasteiger partial charge in [-0.25, -0.2) is 4.39 Å². The third-order valence-corrected chi connectivity index (χ3v) is 2.95. The Bertz CT molecular complexity index is 541. The number of methoxy groups -OCH3 is 1. The molecule has 2 aromatic rings. The van der Waals surface area contributed by atoms with E-state index < -0.39 is 5.82 Å². The number of ether oxygens (including phenoxy) is 1. The summed E-state index contributed by atoms with van der Waals surface area (Å²) in [7, 11) is 1.43. The second kappa shape index (κ2) is 5.65. The van der Waals surface area contributed by atoms with Gasteiger partial charge in [0.2, 0.25) is 0 Å². The number of hydrogen-bond acceptors (Lipinski definition) is 4. The monoisotopic (exact) mass is 264 g/mol. The summed E-state index contributed by atoms with van der Waals surface area (Å²) in [6.07, 6.45) is 1.62. The maximum atomic E-state index is 13.5. The van der Waals surface area contributed by atoms with Crippen LogP contribution in [0.1, 0.15) is 12.7 Å². The highest BCUT2D eigenvalue weighted by Gasteiger charge is 2.14. The fourth-order valence-corrected chi connectivity index (χ4v) is 1.95. The van der Waals surface area contributed by atoms with Gasteiger partial charge in [0.1, 0.15) is 5.76 Å². The van der Waals surface area contributed by atoms with Crippen LogP contribution in [0.4, 0.5) is 15.8 Å². The highest BCUT2D eigenvalue weighted by molar-refractivity contribution is 5.70. The molecule has 102 valence electrons. The number of nitrogens with two attached hydrogens (primary N) is 1. The molecule has 1 heterocycles. The molecule has 0 saturated heterocycles. The number of nitrogen functional groups attached to an aromatic ring is 1. The summed E-state index contributed by atoms with van der Waals surface area (Å²) in [6.45, 7) is 3.29. The minimum Gasteiger partial charge on any atom is -0.494 e. The number of furan rings is 1. The fourth-order valence-electron chi connectivity index (χ4n) is 1.95. The van der Waals surface area contributed by atoms with Gasteiger partial charge in [-0.2, -0.15) is 0 Å². The number of nitrogens with zero attached hydrogens (tertiary/aromatic N) is 1. The first-order valence-electron chi connectivity index (χ1n) is 6.06. The summed E-state index contributed by atoms with van der Waals surface area (Å²) in [5, 5.41) is 0. The lowest BCUT2D eigenvalue weighted by atomic mass is 10.2. The third-order valence-electron chi connectivity index (χ3n) is 2.95. The topological polar surface area (TPSA) is 51.6 Å². The van der Waals surface area contributed by atoms with Crippen molar-refractivity contribution in [1.29, 1.82) is 0 Å². The average Bonchev–Trinajstić information content (AvgIpc) is 2.89. The molecule has 0 aliphatic heterocycles. The van der Waals surface area contributed by atoms with Gasteiger partial charge >= 0.3 is 0 Å². The Labute approximate surface area is 111 Å². The van der Waals surface area contributed by atoms with Crippen molar-refractivity contribution in [3.05, 3.63) is 42.1 Å². The van der Waals surface area contributed by atoms with Crippen LogP contribution in [0.25, 0.3) is 0 Å². The average molecular weight is 264 g/mol. The molecule has 2 rings (SSSR count). The van der Waals surface area contributed by atoms with E-state index in [-0.39, 0.29) is 5.75 Å². The van der Waals surface area contributed by atoms with Gasteiger partial charge in [-0.1, -0.05) is 0 Å². The van der Waals surface area contributed by atoms with E-state index in [0.717, 1.165) is 18.0 Å². The van der Waals surface area contributed by atoms with Gasteiger partial charge in [-0.15, -0.1) is 0 Å². The smallest absolute Gasteiger partial charge is 0.167 e. The van der Waals surface area contributed by atoms with Crippen molar-refractivity contribution in [2.24, 2.45) is 0 Å². The van der Waals surface area contributed by atoms with Crippen LogP contribution >= 0.6 is 0 Å². The maximum absolute atomic E-state index is 13.5. The Morgan fingerprint density at radius 3 is 2.79 bits per heavy atom. The lowest BCUT2D eigenvalue weighted by molar-refractivity contribution is 0.386. The quantitative estimate of drug-likeness (QED) is 0.843. The number of anilines is 2. The molecule has 0 amide bonds. The second-order valence-corrected chi connectivity index (χ2v) is 4.14. The van der Waals surface area contributed by atoms with Crippen molar-refractivity contribution in [3.8, 4) is 5.75 Å². The Morgan fingerprint density at radius 2 is 2.21 bits per heavy atom. The molecule has 0 fully saturated rings. The molecule has 0 saturated carbocycles. The van der Waals surface area contributed by atoms with Crippen LogP contribution in [0.5, 0.6) is 5.75 Å². The molecule has 0 spiro atoms. The predicted octanol–water partition coefficient (Wildman–Crippen LogP) is 3.04. The zero-order valence-corrected chi connectivity index (χ0v) is 11.0. The predicted molar refractivity (Wildman–Crippen MR) is 72.8 cm³/mol. The largest absolute Gasteiger partial charge is 0.494 e. The summed E-state index contributed by atoms with van der Waals surface area (Å²) in [5.41, 5.74) is 7.00. The lowest BCUT2D eigenvalue weighted by Crippen LogP contribution is -2.23. The Balaban J connectivity index is 2.32.